The van der Waals surface area contributed by atoms with Crippen LogP contribution in [0.4, 0.5) is 0 Å². The standard InChI is InChI=1S/C16H16OS2/c1-13-5-4-7-15(11-13)18-12-16-9-8-14(19-16)6-2-3-10-17/h4-5,7-9,11,17H,3,10,12H2,1H3. The van der Waals surface area contributed by atoms with E-state index in [2.05, 4.69) is 55.2 Å². The highest BCUT2D eigenvalue weighted by molar-refractivity contribution is 7.98. The van der Waals surface area contributed by atoms with Gasteiger partial charge in [0.25, 0.3) is 0 Å². The minimum atomic E-state index is 0.133. The Morgan fingerprint density at radius 3 is 2.95 bits per heavy atom. The lowest BCUT2D eigenvalue weighted by Crippen LogP contribution is -1.76. The Hall–Kier alpha value is -1.21. The summed E-state index contributed by atoms with van der Waals surface area (Å²) in [5, 5.41) is 8.68. The van der Waals surface area contributed by atoms with Gasteiger partial charge in [-0.05, 0) is 31.2 Å². The van der Waals surface area contributed by atoms with Gasteiger partial charge in [-0.2, -0.15) is 0 Å². The van der Waals surface area contributed by atoms with Crippen molar-refractivity contribution >= 4 is 23.1 Å². The molecule has 0 bridgehead atoms. The van der Waals surface area contributed by atoms with Crippen molar-refractivity contribution in [1.29, 1.82) is 0 Å². The summed E-state index contributed by atoms with van der Waals surface area (Å²) >= 11 is 3.58. The highest BCUT2D eigenvalue weighted by atomic mass is 32.2. The number of rotatable bonds is 4. The molecule has 0 aliphatic heterocycles. The minimum Gasteiger partial charge on any atom is -0.395 e. The number of aryl methyl sites for hydroxylation is 1. The lowest BCUT2D eigenvalue weighted by atomic mass is 10.2. The van der Waals surface area contributed by atoms with Crippen LogP contribution in [0.5, 0.6) is 0 Å². The molecule has 0 radical (unpaired) electrons. The second-order valence-electron chi connectivity index (χ2n) is 4.15. The molecule has 0 fully saturated rings. The first kappa shape index (κ1) is 14.2. The Morgan fingerprint density at radius 2 is 2.16 bits per heavy atom. The first-order valence-corrected chi connectivity index (χ1v) is 7.96. The van der Waals surface area contributed by atoms with Crippen LogP contribution in [0.15, 0.2) is 41.3 Å². The molecule has 3 heteroatoms. The van der Waals surface area contributed by atoms with Crippen molar-refractivity contribution in [2.45, 2.75) is 24.0 Å². The lowest BCUT2D eigenvalue weighted by Gasteiger charge is -2.00. The SMILES string of the molecule is Cc1cccc(SCc2ccc(C#CCCO)s2)c1. The highest BCUT2D eigenvalue weighted by Crippen LogP contribution is 2.27. The van der Waals surface area contributed by atoms with Crippen LogP contribution in [0.1, 0.15) is 21.7 Å². The van der Waals surface area contributed by atoms with E-state index in [1.165, 1.54) is 15.3 Å². The smallest absolute Gasteiger partial charge is 0.0771 e. The maximum absolute atomic E-state index is 8.68. The summed E-state index contributed by atoms with van der Waals surface area (Å²) in [7, 11) is 0. The van der Waals surface area contributed by atoms with E-state index in [-0.39, 0.29) is 6.61 Å². The summed E-state index contributed by atoms with van der Waals surface area (Å²) in [5.74, 6) is 7.00. The average molecular weight is 288 g/mol. The molecule has 0 amide bonds. The Labute approximate surface area is 122 Å². The van der Waals surface area contributed by atoms with E-state index in [4.69, 9.17) is 5.11 Å². The van der Waals surface area contributed by atoms with Crippen molar-refractivity contribution in [3.63, 3.8) is 0 Å². The van der Waals surface area contributed by atoms with Gasteiger partial charge in [-0.1, -0.05) is 29.5 Å². The zero-order chi connectivity index (χ0) is 13.5. The topological polar surface area (TPSA) is 20.2 Å². The molecule has 1 aromatic carbocycles. The first-order chi connectivity index (χ1) is 9.28. The fraction of sp³-hybridized carbons (Fsp3) is 0.250. The Morgan fingerprint density at radius 1 is 1.26 bits per heavy atom. The number of thiophene rings is 1. The molecule has 2 rings (SSSR count). The zero-order valence-corrected chi connectivity index (χ0v) is 12.5. The molecular weight excluding hydrogens is 272 g/mol. The zero-order valence-electron chi connectivity index (χ0n) is 10.8. The van der Waals surface area contributed by atoms with Gasteiger partial charge < -0.3 is 5.11 Å². The van der Waals surface area contributed by atoms with Crippen molar-refractivity contribution < 1.29 is 5.11 Å². The second-order valence-corrected chi connectivity index (χ2v) is 6.36. The molecule has 98 valence electrons. The third-order valence-corrected chi connectivity index (χ3v) is 4.71. The summed E-state index contributed by atoms with van der Waals surface area (Å²) in [6.45, 7) is 2.25. The fourth-order valence-electron chi connectivity index (χ4n) is 1.59. The summed E-state index contributed by atoms with van der Waals surface area (Å²) in [6, 6.07) is 12.8. The number of aliphatic hydroxyl groups excluding tert-OH is 1. The third-order valence-electron chi connectivity index (χ3n) is 2.48. The number of benzene rings is 1. The van der Waals surface area contributed by atoms with Crippen molar-refractivity contribution in [2.75, 3.05) is 6.61 Å². The van der Waals surface area contributed by atoms with Crippen molar-refractivity contribution in [3.05, 3.63) is 51.7 Å². The van der Waals surface area contributed by atoms with Crippen molar-refractivity contribution in [3.8, 4) is 11.8 Å². The largest absolute Gasteiger partial charge is 0.395 e. The van der Waals surface area contributed by atoms with Gasteiger partial charge in [0.1, 0.15) is 0 Å². The van der Waals surface area contributed by atoms with Crippen LogP contribution in [-0.4, -0.2) is 11.7 Å². The average Bonchev–Trinajstić information content (AvgIpc) is 2.85. The first-order valence-electron chi connectivity index (χ1n) is 6.16. The van der Waals surface area contributed by atoms with Gasteiger partial charge in [0.15, 0.2) is 0 Å². The Balaban J connectivity index is 1.92. The second kappa shape index (κ2) is 7.40. The maximum atomic E-state index is 8.68. The maximum Gasteiger partial charge on any atom is 0.0771 e. The lowest BCUT2D eigenvalue weighted by molar-refractivity contribution is 0.305. The van der Waals surface area contributed by atoms with Crippen molar-refractivity contribution in [2.24, 2.45) is 0 Å². The number of aliphatic hydroxyl groups is 1. The molecule has 1 nitrogen and oxygen atoms in total. The monoisotopic (exact) mass is 288 g/mol. The predicted molar refractivity (Wildman–Crippen MR) is 83.6 cm³/mol. The normalized spacial score (nSPS) is 10.0. The van der Waals surface area contributed by atoms with Crippen LogP contribution in [0.3, 0.4) is 0 Å². The highest BCUT2D eigenvalue weighted by Gasteiger charge is 2.00. The molecule has 0 unspecified atom stereocenters. The Bertz CT molecular complexity index is 590. The van der Waals surface area contributed by atoms with Crippen molar-refractivity contribution in [1.82, 2.24) is 0 Å². The van der Waals surface area contributed by atoms with E-state index in [9.17, 15) is 0 Å². The van der Waals surface area contributed by atoms with E-state index in [1.54, 1.807) is 11.3 Å². The molecule has 0 spiro atoms. The third kappa shape index (κ3) is 4.76. The molecule has 0 saturated carbocycles. The number of thioether (sulfide) groups is 1. The van der Waals surface area contributed by atoms with E-state index in [0.717, 1.165) is 10.6 Å². The van der Waals surface area contributed by atoms with Crippen LogP contribution in [-0.2, 0) is 5.75 Å². The van der Waals surface area contributed by atoms with Crippen LogP contribution in [0.25, 0.3) is 0 Å². The van der Waals surface area contributed by atoms with Gasteiger partial charge in [0.2, 0.25) is 0 Å². The summed E-state index contributed by atoms with van der Waals surface area (Å²) in [4.78, 5) is 3.72. The van der Waals surface area contributed by atoms with Gasteiger partial charge in [0, 0.05) is 21.9 Å². The van der Waals surface area contributed by atoms with Gasteiger partial charge >= 0.3 is 0 Å². The van der Waals surface area contributed by atoms with Crippen LogP contribution < -0.4 is 0 Å². The quantitative estimate of drug-likeness (QED) is 0.675. The van der Waals surface area contributed by atoms with Gasteiger partial charge in [0.05, 0.1) is 11.5 Å². The van der Waals surface area contributed by atoms with Crippen LogP contribution in [0.2, 0.25) is 0 Å². The minimum absolute atomic E-state index is 0.133. The molecule has 2 aromatic rings. The molecule has 1 heterocycles. The van der Waals surface area contributed by atoms with Crippen LogP contribution >= 0.6 is 23.1 Å². The molecule has 0 aliphatic carbocycles. The molecule has 1 N–H and O–H groups in total. The predicted octanol–water partition coefficient (Wildman–Crippen LogP) is 4.08. The molecule has 0 saturated heterocycles. The van der Waals surface area contributed by atoms with Gasteiger partial charge in [-0.15, -0.1) is 23.1 Å². The molecule has 1 aromatic heterocycles. The summed E-state index contributed by atoms with van der Waals surface area (Å²) in [6.07, 6.45) is 0.547. The molecule has 0 aliphatic rings. The summed E-state index contributed by atoms with van der Waals surface area (Å²) in [5.41, 5.74) is 1.30. The fourth-order valence-corrected chi connectivity index (χ4v) is 3.53. The van der Waals surface area contributed by atoms with Gasteiger partial charge in [-0.25, -0.2) is 0 Å². The van der Waals surface area contributed by atoms with E-state index in [0.29, 0.717) is 6.42 Å². The molecule has 19 heavy (non-hydrogen) atoms. The van der Waals surface area contributed by atoms with E-state index in [1.807, 2.05) is 11.8 Å². The van der Waals surface area contributed by atoms with Gasteiger partial charge in [-0.3, -0.25) is 0 Å². The number of hydrogen-bond donors (Lipinski definition) is 1. The Kier molecular flexibility index (Phi) is 5.53. The van der Waals surface area contributed by atoms with E-state index < -0.39 is 0 Å². The summed E-state index contributed by atoms with van der Waals surface area (Å²) < 4.78 is 0. The molecule has 0 atom stereocenters. The number of hydrogen-bond acceptors (Lipinski definition) is 3. The van der Waals surface area contributed by atoms with Crippen LogP contribution in [0, 0.1) is 18.8 Å². The van der Waals surface area contributed by atoms with E-state index >= 15 is 0 Å². The molecular formula is C16H16OS2.